The maximum Gasteiger partial charge on any atom is 0.119 e. The molecule has 0 fully saturated rings. The van der Waals surface area contributed by atoms with Crippen molar-refractivity contribution in [3.8, 4) is 5.75 Å². The second-order valence-corrected chi connectivity index (χ2v) is 3.52. The molecule has 0 radical (unpaired) electrons. The van der Waals surface area contributed by atoms with Crippen LogP contribution in [-0.2, 0) is 6.42 Å². The molecule has 0 aliphatic rings. The highest BCUT2D eigenvalue weighted by atomic mass is 32.1. The van der Waals surface area contributed by atoms with E-state index >= 15 is 0 Å². The summed E-state index contributed by atoms with van der Waals surface area (Å²) >= 11 is 4.13. The van der Waals surface area contributed by atoms with Gasteiger partial charge < -0.3 is 10.1 Å². The summed E-state index contributed by atoms with van der Waals surface area (Å²) in [4.78, 5) is 0. The molecule has 1 N–H and O–H groups in total. The summed E-state index contributed by atoms with van der Waals surface area (Å²) in [5.74, 6) is 1.81. The van der Waals surface area contributed by atoms with Gasteiger partial charge in [-0.15, -0.1) is 0 Å². The minimum absolute atomic E-state index is 0.887. The van der Waals surface area contributed by atoms with Crippen LogP contribution in [0.3, 0.4) is 0 Å². The van der Waals surface area contributed by atoms with Crippen LogP contribution in [-0.4, -0.2) is 26.0 Å². The van der Waals surface area contributed by atoms with Gasteiger partial charge in [0.2, 0.25) is 0 Å². The topological polar surface area (TPSA) is 21.3 Å². The predicted molar refractivity (Wildman–Crippen MR) is 63.4 cm³/mol. The molecule has 0 heterocycles. The quantitative estimate of drug-likeness (QED) is 0.552. The minimum atomic E-state index is 0.887. The number of thiol groups is 1. The van der Waals surface area contributed by atoms with E-state index in [1.165, 1.54) is 5.56 Å². The molecule has 0 saturated carbocycles. The zero-order valence-corrected chi connectivity index (χ0v) is 9.39. The fourth-order valence-electron chi connectivity index (χ4n) is 1.26. The fraction of sp³-hybridized carbons (Fsp3) is 0.455. The van der Waals surface area contributed by atoms with E-state index in [1.54, 1.807) is 7.11 Å². The monoisotopic (exact) mass is 211 g/mol. The van der Waals surface area contributed by atoms with Gasteiger partial charge >= 0.3 is 0 Å². The van der Waals surface area contributed by atoms with Crippen molar-refractivity contribution in [1.82, 2.24) is 5.32 Å². The SMILES string of the molecule is COc1cccc(CCNCCS)c1. The first-order valence-corrected chi connectivity index (χ1v) is 5.44. The number of hydrogen-bond acceptors (Lipinski definition) is 3. The van der Waals surface area contributed by atoms with Crippen LogP contribution in [0.15, 0.2) is 24.3 Å². The molecule has 3 heteroatoms. The molecule has 2 nitrogen and oxygen atoms in total. The molecule has 0 unspecified atom stereocenters. The van der Waals surface area contributed by atoms with E-state index in [4.69, 9.17) is 4.74 Å². The normalized spacial score (nSPS) is 10.1. The van der Waals surface area contributed by atoms with E-state index in [9.17, 15) is 0 Å². The smallest absolute Gasteiger partial charge is 0.119 e. The van der Waals surface area contributed by atoms with Crippen molar-refractivity contribution in [2.24, 2.45) is 0 Å². The molecule has 1 aromatic rings. The van der Waals surface area contributed by atoms with E-state index in [-0.39, 0.29) is 0 Å². The van der Waals surface area contributed by atoms with Crippen LogP contribution in [0.2, 0.25) is 0 Å². The van der Waals surface area contributed by atoms with Gasteiger partial charge in [-0.2, -0.15) is 12.6 Å². The Morgan fingerprint density at radius 3 is 2.93 bits per heavy atom. The van der Waals surface area contributed by atoms with Crippen molar-refractivity contribution in [3.05, 3.63) is 29.8 Å². The molecule has 78 valence electrons. The van der Waals surface area contributed by atoms with Crippen LogP contribution < -0.4 is 10.1 Å². The minimum Gasteiger partial charge on any atom is -0.497 e. The summed E-state index contributed by atoms with van der Waals surface area (Å²) in [6.45, 7) is 1.96. The maximum atomic E-state index is 5.15. The Morgan fingerprint density at radius 2 is 2.21 bits per heavy atom. The van der Waals surface area contributed by atoms with Crippen molar-refractivity contribution in [1.29, 1.82) is 0 Å². The van der Waals surface area contributed by atoms with Crippen LogP contribution in [0.1, 0.15) is 5.56 Å². The molecule has 0 atom stereocenters. The first-order valence-electron chi connectivity index (χ1n) is 4.81. The fourth-order valence-corrected chi connectivity index (χ4v) is 1.42. The molecule has 0 aliphatic carbocycles. The lowest BCUT2D eigenvalue weighted by molar-refractivity contribution is 0.414. The Labute approximate surface area is 91.1 Å². The maximum absolute atomic E-state index is 5.15. The predicted octanol–water partition coefficient (Wildman–Crippen LogP) is 1.76. The van der Waals surface area contributed by atoms with Crippen molar-refractivity contribution in [3.63, 3.8) is 0 Å². The van der Waals surface area contributed by atoms with Gasteiger partial charge in [-0.3, -0.25) is 0 Å². The molecule has 0 saturated heterocycles. The Balaban J connectivity index is 2.34. The van der Waals surface area contributed by atoms with E-state index in [0.717, 1.165) is 31.0 Å². The largest absolute Gasteiger partial charge is 0.497 e. The molecule has 0 spiro atoms. The molecule has 14 heavy (non-hydrogen) atoms. The standard InChI is InChI=1S/C11H17NOS/c1-13-11-4-2-3-10(9-11)5-6-12-7-8-14/h2-4,9,12,14H,5-8H2,1H3. The lowest BCUT2D eigenvalue weighted by Gasteiger charge is -2.05. The highest BCUT2D eigenvalue weighted by molar-refractivity contribution is 7.80. The third-order valence-corrected chi connectivity index (χ3v) is 2.24. The number of rotatable bonds is 6. The van der Waals surface area contributed by atoms with E-state index < -0.39 is 0 Å². The third kappa shape index (κ3) is 4.03. The summed E-state index contributed by atoms with van der Waals surface area (Å²) < 4.78 is 5.15. The zero-order valence-electron chi connectivity index (χ0n) is 8.49. The van der Waals surface area contributed by atoms with Crippen LogP contribution >= 0.6 is 12.6 Å². The molecule has 1 aromatic carbocycles. The third-order valence-electron chi connectivity index (χ3n) is 2.01. The number of ether oxygens (including phenoxy) is 1. The molecule has 0 aliphatic heterocycles. The molecule has 1 rings (SSSR count). The highest BCUT2D eigenvalue weighted by Crippen LogP contribution is 2.12. The Hall–Kier alpha value is -0.670. The van der Waals surface area contributed by atoms with Crippen molar-refractivity contribution in [2.75, 3.05) is 26.0 Å². The second kappa shape index (κ2) is 6.74. The van der Waals surface area contributed by atoms with Gasteiger partial charge in [0.25, 0.3) is 0 Å². The molecular weight excluding hydrogens is 194 g/mol. The van der Waals surface area contributed by atoms with E-state index in [0.29, 0.717) is 0 Å². The Bertz CT molecular complexity index is 265. The lowest BCUT2D eigenvalue weighted by atomic mass is 10.1. The van der Waals surface area contributed by atoms with Crippen LogP contribution in [0, 0.1) is 0 Å². The highest BCUT2D eigenvalue weighted by Gasteiger charge is 1.95. The average Bonchev–Trinajstić information content (AvgIpc) is 2.25. The zero-order chi connectivity index (χ0) is 10.2. The Kier molecular flexibility index (Phi) is 5.49. The summed E-state index contributed by atoms with van der Waals surface area (Å²) in [5.41, 5.74) is 1.30. The molecule has 0 bridgehead atoms. The van der Waals surface area contributed by atoms with Gasteiger partial charge in [0.05, 0.1) is 7.11 Å². The van der Waals surface area contributed by atoms with Crippen LogP contribution in [0.25, 0.3) is 0 Å². The van der Waals surface area contributed by atoms with Gasteiger partial charge in [0, 0.05) is 12.3 Å². The summed E-state index contributed by atoms with van der Waals surface area (Å²) in [6, 6.07) is 8.17. The second-order valence-electron chi connectivity index (χ2n) is 3.08. The van der Waals surface area contributed by atoms with Crippen molar-refractivity contribution >= 4 is 12.6 Å². The van der Waals surface area contributed by atoms with Gasteiger partial charge in [-0.25, -0.2) is 0 Å². The molecular formula is C11H17NOS. The van der Waals surface area contributed by atoms with E-state index in [1.807, 2.05) is 12.1 Å². The summed E-state index contributed by atoms with van der Waals surface area (Å²) in [7, 11) is 1.69. The van der Waals surface area contributed by atoms with Gasteiger partial charge in [0.1, 0.15) is 5.75 Å². The number of nitrogens with one attached hydrogen (secondary N) is 1. The van der Waals surface area contributed by atoms with Crippen molar-refractivity contribution in [2.45, 2.75) is 6.42 Å². The summed E-state index contributed by atoms with van der Waals surface area (Å²) in [6.07, 6.45) is 1.03. The first-order chi connectivity index (χ1) is 6.86. The average molecular weight is 211 g/mol. The van der Waals surface area contributed by atoms with Crippen LogP contribution in [0.5, 0.6) is 5.75 Å². The lowest BCUT2D eigenvalue weighted by Crippen LogP contribution is -2.19. The van der Waals surface area contributed by atoms with Gasteiger partial charge in [-0.05, 0) is 30.7 Å². The number of methoxy groups -OCH3 is 1. The van der Waals surface area contributed by atoms with Gasteiger partial charge in [0.15, 0.2) is 0 Å². The first kappa shape index (κ1) is 11.4. The summed E-state index contributed by atoms with van der Waals surface area (Å²) in [5, 5.41) is 3.30. The van der Waals surface area contributed by atoms with Gasteiger partial charge in [-0.1, -0.05) is 12.1 Å². The Morgan fingerprint density at radius 1 is 1.36 bits per heavy atom. The number of benzene rings is 1. The molecule has 0 amide bonds. The van der Waals surface area contributed by atoms with Crippen LogP contribution in [0.4, 0.5) is 0 Å². The van der Waals surface area contributed by atoms with Crippen molar-refractivity contribution < 1.29 is 4.74 Å². The molecule has 0 aromatic heterocycles. The number of hydrogen-bond donors (Lipinski definition) is 2. The van der Waals surface area contributed by atoms with E-state index in [2.05, 4.69) is 30.1 Å².